The molecule has 116 valence electrons. The van der Waals surface area contributed by atoms with Crippen molar-refractivity contribution >= 4 is 5.97 Å². The zero-order valence-electron chi connectivity index (χ0n) is 12.3. The van der Waals surface area contributed by atoms with Gasteiger partial charge in [-0.05, 0) is 13.3 Å². The molecule has 8 nitrogen and oxygen atoms in total. The summed E-state index contributed by atoms with van der Waals surface area (Å²) in [5.41, 5.74) is 6.68. The molecule has 3 N–H and O–H groups in total. The number of nitrogens with zero attached hydrogens (tertiary/aromatic N) is 2. The number of esters is 1. The zero-order chi connectivity index (χ0) is 15.9. The summed E-state index contributed by atoms with van der Waals surface area (Å²) in [6, 6.07) is 2.13. The summed E-state index contributed by atoms with van der Waals surface area (Å²) in [6.45, 7) is 2.36. The summed E-state index contributed by atoms with van der Waals surface area (Å²) in [6.07, 6.45) is 0.300. The van der Waals surface area contributed by atoms with E-state index in [2.05, 4.69) is 16.3 Å². The lowest BCUT2D eigenvalue weighted by Gasteiger charge is -2.35. The van der Waals surface area contributed by atoms with Crippen molar-refractivity contribution in [2.45, 2.75) is 31.3 Å². The van der Waals surface area contributed by atoms with Crippen LogP contribution < -0.4 is 10.5 Å². The van der Waals surface area contributed by atoms with Crippen LogP contribution in [-0.4, -0.2) is 36.0 Å². The minimum atomic E-state index is -0.747. The lowest BCUT2D eigenvalue weighted by atomic mass is 9.68. The zero-order valence-corrected chi connectivity index (χ0v) is 12.3. The van der Waals surface area contributed by atoms with Crippen molar-refractivity contribution in [3.8, 4) is 11.9 Å². The van der Waals surface area contributed by atoms with Crippen molar-refractivity contribution in [3.05, 3.63) is 22.7 Å². The molecule has 1 fully saturated rings. The number of aromatic amines is 1. The Morgan fingerprint density at radius 1 is 1.68 bits per heavy atom. The summed E-state index contributed by atoms with van der Waals surface area (Å²) in [4.78, 5) is 11.6. The van der Waals surface area contributed by atoms with Gasteiger partial charge in [-0.15, -0.1) is 5.10 Å². The number of aromatic nitrogens is 2. The van der Waals surface area contributed by atoms with E-state index in [0.29, 0.717) is 29.9 Å². The third-order valence-corrected chi connectivity index (χ3v) is 4.37. The van der Waals surface area contributed by atoms with E-state index in [-0.39, 0.29) is 24.3 Å². The largest absolute Gasteiger partial charge is 0.469 e. The minimum absolute atomic E-state index is 0.00920. The van der Waals surface area contributed by atoms with Gasteiger partial charge in [0.15, 0.2) is 0 Å². The minimum Gasteiger partial charge on any atom is -0.469 e. The van der Waals surface area contributed by atoms with Gasteiger partial charge in [0.1, 0.15) is 11.6 Å². The second-order valence-electron chi connectivity index (χ2n) is 5.32. The maximum absolute atomic E-state index is 11.6. The van der Waals surface area contributed by atoms with Crippen LogP contribution >= 0.6 is 0 Å². The van der Waals surface area contributed by atoms with Gasteiger partial charge in [0.25, 0.3) is 0 Å². The van der Waals surface area contributed by atoms with Crippen LogP contribution in [0.1, 0.15) is 24.6 Å². The number of fused-ring (bicyclic) bond motifs is 2. The van der Waals surface area contributed by atoms with Crippen LogP contribution in [0.3, 0.4) is 0 Å². The first-order valence-corrected chi connectivity index (χ1v) is 6.89. The van der Waals surface area contributed by atoms with Gasteiger partial charge in [-0.25, -0.2) is 0 Å². The van der Waals surface area contributed by atoms with E-state index in [1.165, 1.54) is 7.11 Å². The predicted molar refractivity (Wildman–Crippen MR) is 73.5 cm³/mol. The van der Waals surface area contributed by atoms with Crippen LogP contribution in [0.5, 0.6) is 5.88 Å². The normalized spacial score (nSPS) is 26.5. The summed E-state index contributed by atoms with van der Waals surface area (Å²) in [5, 5.41) is 16.4. The molecule has 0 amide bonds. The number of nitriles is 1. The fourth-order valence-corrected chi connectivity index (χ4v) is 3.29. The third kappa shape index (κ3) is 1.79. The van der Waals surface area contributed by atoms with Crippen LogP contribution in [0.25, 0.3) is 0 Å². The number of nitrogens with two attached hydrogens (primary N) is 1. The third-order valence-electron chi connectivity index (χ3n) is 4.37. The van der Waals surface area contributed by atoms with E-state index in [0.717, 1.165) is 0 Å². The quantitative estimate of drug-likeness (QED) is 0.751. The average molecular weight is 304 g/mol. The average Bonchev–Trinajstić information content (AvgIpc) is 3.05. The molecule has 3 rings (SSSR count). The molecule has 2 aliphatic heterocycles. The Bertz CT molecular complexity index is 702. The van der Waals surface area contributed by atoms with Gasteiger partial charge in [0, 0.05) is 6.61 Å². The van der Waals surface area contributed by atoms with Crippen LogP contribution in [0.4, 0.5) is 0 Å². The van der Waals surface area contributed by atoms with Gasteiger partial charge in [-0.3, -0.25) is 9.89 Å². The molecule has 0 aromatic carbocycles. The Hall–Kier alpha value is -2.53. The maximum Gasteiger partial charge on any atom is 0.311 e. The number of H-pyrrole nitrogens is 1. The number of rotatable bonds is 2. The molecule has 2 aliphatic rings. The van der Waals surface area contributed by atoms with Crippen molar-refractivity contribution < 1.29 is 19.0 Å². The van der Waals surface area contributed by atoms with E-state index in [1.807, 2.05) is 6.92 Å². The molecule has 0 radical (unpaired) electrons. The van der Waals surface area contributed by atoms with E-state index in [1.54, 1.807) is 0 Å². The van der Waals surface area contributed by atoms with Crippen LogP contribution in [0.2, 0.25) is 0 Å². The molecule has 1 saturated heterocycles. The molecular weight excluding hydrogens is 288 g/mol. The topological polar surface area (TPSA) is 123 Å². The second-order valence-corrected chi connectivity index (χ2v) is 5.32. The molecule has 3 heterocycles. The molecule has 8 heteroatoms. The van der Waals surface area contributed by atoms with Crippen LogP contribution in [0, 0.1) is 11.3 Å². The van der Waals surface area contributed by atoms with Gasteiger partial charge in [0.05, 0.1) is 36.3 Å². The van der Waals surface area contributed by atoms with Crippen molar-refractivity contribution in [1.82, 2.24) is 10.2 Å². The number of hydrogen-bond donors (Lipinski definition) is 2. The molecule has 0 saturated carbocycles. The fraction of sp³-hybridized carbons (Fsp3) is 0.500. The van der Waals surface area contributed by atoms with E-state index < -0.39 is 11.4 Å². The first kappa shape index (κ1) is 14.4. The van der Waals surface area contributed by atoms with Gasteiger partial charge in [-0.2, -0.15) is 5.26 Å². The molecular formula is C14H16N4O4. The summed E-state index contributed by atoms with van der Waals surface area (Å²) in [5.74, 6) is -0.0922. The summed E-state index contributed by atoms with van der Waals surface area (Å²) < 4.78 is 15.8. The van der Waals surface area contributed by atoms with Crippen molar-refractivity contribution in [2.24, 2.45) is 5.73 Å². The summed E-state index contributed by atoms with van der Waals surface area (Å²) in [7, 11) is 1.32. The predicted octanol–water partition coefficient (Wildman–Crippen LogP) is 0.258. The Labute approximate surface area is 126 Å². The van der Waals surface area contributed by atoms with Gasteiger partial charge >= 0.3 is 5.97 Å². The van der Waals surface area contributed by atoms with Crippen molar-refractivity contribution in [2.75, 3.05) is 13.7 Å². The molecule has 0 bridgehead atoms. The summed E-state index contributed by atoms with van der Waals surface area (Å²) >= 11 is 0. The first-order chi connectivity index (χ1) is 10.5. The number of methoxy groups -OCH3 is 1. The van der Waals surface area contributed by atoms with E-state index in [4.69, 9.17) is 19.9 Å². The molecule has 1 aromatic heterocycles. The monoisotopic (exact) mass is 304 g/mol. The lowest BCUT2D eigenvalue weighted by molar-refractivity contribution is -0.139. The first-order valence-electron chi connectivity index (χ1n) is 6.89. The Kier molecular flexibility index (Phi) is 3.30. The highest BCUT2D eigenvalue weighted by Gasteiger charge is 2.54. The Balaban J connectivity index is 2.18. The SMILES string of the molecule is COC(=O)Cc1[nH]nc2c1[C@]1(CCO[C@@H]1C)C(C#N)=C(N)O2. The Morgan fingerprint density at radius 2 is 2.45 bits per heavy atom. The molecule has 1 aromatic rings. The Morgan fingerprint density at radius 3 is 3.05 bits per heavy atom. The number of ether oxygens (including phenoxy) is 3. The molecule has 0 aliphatic carbocycles. The van der Waals surface area contributed by atoms with Crippen LogP contribution in [0.15, 0.2) is 11.5 Å². The lowest BCUT2D eigenvalue weighted by Crippen LogP contribution is -2.41. The molecule has 2 atom stereocenters. The highest BCUT2D eigenvalue weighted by atomic mass is 16.5. The molecule has 0 unspecified atom stereocenters. The van der Waals surface area contributed by atoms with Gasteiger partial charge < -0.3 is 19.9 Å². The van der Waals surface area contributed by atoms with Crippen LogP contribution in [-0.2, 0) is 26.1 Å². The second kappa shape index (κ2) is 5.03. The standard InChI is InChI=1S/C14H16N4O4/c1-7-14(3-4-21-7)8(6-15)12(16)22-13-11(14)9(17-18-13)5-10(19)20-2/h7H,3-5,16H2,1-2H3,(H,17,18)/t7-,14+/m1/s1. The van der Waals surface area contributed by atoms with Crippen molar-refractivity contribution in [3.63, 3.8) is 0 Å². The molecule has 22 heavy (non-hydrogen) atoms. The van der Waals surface area contributed by atoms with Gasteiger partial charge in [-0.1, -0.05) is 0 Å². The van der Waals surface area contributed by atoms with E-state index in [9.17, 15) is 10.1 Å². The number of nitrogens with one attached hydrogen (secondary N) is 1. The number of carbonyl (C=O) groups is 1. The highest BCUT2D eigenvalue weighted by Crippen LogP contribution is 2.51. The smallest absolute Gasteiger partial charge is 0.311 e. The van der Waals surface area contributed by atoms with E-state index >= 15 is 0 Å². The highest BCUT2D eigenvalue weighted by molar-refractivity contribution is 5.73. The van der Waals surface area contributed by atoms with Gasteiger partial charge in [0.2, 0.25) is 11.8 Å². The number of carbonyl (C=O) groups excluding carboxylic acids is 1. The number of hydrogen-bond acceptors (Lipinski definition) is 7. The van der Waals surface area contributed by atoms with Crippen molar-refractivity contribution in [1.29, 1.82) is 5.26 Å². The fourth-order valence-electron chi connectivity index (χ4n) is 3.29. The molecule has 1 spiro atoms. The maximum atomic E-state index is 11.6.